The van der Waals surface area contributed by atoms with Crippen molar-refractivity contribution in [1.29, 1.82) is 5.26 Å². The lowest BCUT2D eigenvalue weighted by atomic mass is 9.91. The van der Waals surface area contributed by atoms with Crippen LogP contribution in [0.3, 0.4) is 0 Å². The summed E-state index contributed by atoms with van der Waals surface area (Å²) < 4.78 is 0. The van der Waals surface area contributed by atoms with Crippen molar-refractivity contribution >= 4 is 13.7 Å². The summed E-state index contributed by atoms with van der Waals surface area (Å²) in [4.78, 5) is 6.89. The lowest BCUT2D eigenvalue weighted by Crippen LogP contribution is -2.38. The summed E-state index contributed by atoms with van der Waals surface area (Å²) >= 11 is 0. The molecule has 1 aromatic rings. The van der Waals surface area contributed by atoms with Crippen LogP contribution in [0.2, 0.25) is 6.32 Å². The lowest BCUT2D eigenvalue weighted by molar-refractivity contribution is 0.398. The van der Waals surface area contributed by atoms with Gasteiger partial charge < -0.3 is 4.90 Å². The highest BCUT2D eigenvalue weighted by Gasteiger charge is 2.31. The van der Waals surface area contributed by atoms with Crippen molar-refractivity contribution < 1.29 is 0 Å². The molecule has 18 heavy (non-hydrogen) atoms. The molecule has 0 amide bonds. The molecule has 4 heteroatoms. The predicted molar refractivity (Wildman–Crippen MR) is 76.6 cm³/mol. The fraction of sp³-hybridized carbons (Fsp3) is 0.571. The normalized spacial score (nSPS) is 18.6. The Bertz CT molecular complexity index is 485. The molecule has 0 spiro atoms. The number of pyridine rings is 1. The van der Waals surface area contributed by atoms with Crippen LogP contribution in [0.1, 0.15) is 32.0 Å². The highest BCUT2D eigenvalue weighted by Crippen LogP contribution is 2.34. The molecule has 0 saturated carbocycles. The topological polar surface area (TPSA) is 39.9 Å². The van der Waals surface area contributed by atoms with Gasteiger partial charge in [-0.25, -0.2) is 4.98 Å². The minimum Gasteiger partial charge on any atom is -0.353 e. The zero-order chi connectivity index (χ0) is 13.3. The zero-order valence-electron chi connectivity index (χ0n) is 11.7. The van der Waals surface area contributed by atoms with Gasteiger partial charge in [0.2, 0.25) is 0 Å². The van der Waals surface area contributed by atoms with E-state index in [0.717, 1.165) is 25.1 Å². The van der Waals surface area contributed by atoms with Crippen molar-refractivity contribution in [1.82, 2.24) is 4.98 Å². The Labute approximate surface area is 110 Å². The predicted octanol–water partition coefficient (Wildman–Crippen LogP) is 1.78. The van der Waals surface area contributed by atoms with Gasteiger partial charge in [-0.05, 0) is 23.5 Å². The number of nitrogens with zero attached hydrogens (tertiary/aromatic N) is 3. The van der Waals surface area contributed by atoms with Crippen LogP contribution in [-0.2, 0) is 6.42 Å². The molecule has 0 saturated heterocycles. The van der Waals surface area contributed by atoms with E-state index in [1.807, 2.05) is 6.07 Å². The second-order valence-electron chi connectivity index (χ2n) is 6.25. The second-order valence-corrected chi connectivity index (χ2v) is 6.25. The van der Waals surface area contributed by atoms with Crippen molar-refractivity contribution in [3.05, 3.63) is 23.4 Å². The molecule has 1 aromatic heterocycles. The third kappa shape index (κ3) is 2.50. The van der Waals surface area contributed by atoms with Gasteiger partial charge in [0.1, 0.15) is 25.4 Å². The van der Waals surface area contributed by atoms with Crippen molar-refractivity contribution in [3.63, 3.8) is 0 Å². The van der Waals surface area contributed by atoms with E-state index in [2.05, 4.69) is 50.6 Å². The standard InChI is InChI=1S/C14H20BN3/c1-14(2,3)9-18-12(7-15)6-10-4-5-11(8-16)17-13(10)18/h4-5,12H,6-7,9,15H2,1-3H3. The van der Waals surface area contributed by atoms with E-state index in [1.54, 1.807) is 0 Å². The van der Waals surface area contributed by atoms with Gasteiger partial charge in [0.25, 0.3) is 0 Å². The maximum atomic E-state index is 8.98. The number of hydrogen-bond acceptors (Lipinski definition) is 3. The Morgan fingerprint density at radius 2 is 2.22 bits per heavy atom. The van der Waals surface area contributed by atoms with Gasteiger partial charge in [0.15, 0.2) is 0 Å². The summed E-state index contributed by atoms with van der Waals surface area (Å²) in [5.74, 6) is 1.02. The molecule has 0 aliphatic carbocycles. The van der Waals surface area contributed by atoms with Crippen molar-refractivity contribution in [2.75, 3.05) is 11.4 Å². The van der Waals surface area contributed by atoms with E-state index >= 15 is 0 Å². The lowest BCUT2D eigenvalue weighted by Gasteiger charge is -2.32. The van der Waals surface area contributed by atoms with E-state index in [1.165, 1.54) is 5.56 Å². The fourth-order valence-corrected chi connectivity index (χ4v) is 2.56. The van der Waals surface area contributed by atoms with Gasteiger partial charge in [0, 0.05) is 12.6 Å². The largest absolute Gasteiger partial charge is 0.353 e. The van der Waals surface area contributed by atoms with Crippen LogP contribution in [0.25, 0.3) is 0 Å². The van der Waals surface area contributed by atoms with Crippen LogP contribution in [-0.4, -0.2) is 25.4 Å². The van der Waals surface area contributed by atoms with Crippen LogP contribution in [0.5, 0.6) is 0 Å². The minimum absolute atomic E-state index is 0.235. The second kappa shape index (κ2) is 4.64. The molecule has 1 aliphatic heterocycles. The molecule has 0 fully saturated rings. The van der Waals surface area contributed by atoms with Crippen LogP contribution in [0.15, 0.2) is 12.1 Å². The van der Waals surface area contributed by atoms with Crippen molar-refractivity contribution in [2.45, 2.75) is 39.6 Å². The molecule has 0 N–H and O–H groups in total. The Morgan fingerprint density at radius 1 is 1.50 bits per heavy atom. The van der Waals surface area contributed by atoms with Crippen molar-refractivity contribution in [2.24, 2.45) is 5.41 Å². The van der Waals surface area contributed by atoms with Crippen LogP contribution < -0.4 is 4.90 Å². The maximum Gasteiger partial charge on any atom is 0.142 e. The number of fused-ring (bicyclic) bond motifs is 1. The molecule has 3 nitrogen and oxygen atoms in total. The van der Waals surface area contributed by atoms with Gasteiger partial charge >= 0.3 is 0 Å². The van der Waals surface area contributed by atoms with E-state index < -0.39 is 0 Å². The summed E-state index contributed by atoms with van der Waals surface area (Å²) in [5.41, 5.74) is 2.04. The Kier molecular flexibility index (Phi) is 3.34. The first kappa shape index (κ1) is 12.9. The van der Waals surface area contributed by atoms with Gasteiger partial charge in [0.05, 0.1) is 0 Å². The fourth-order valence-electron chi connectivity index (χ4n) is 2.56. The Balaban J connectivity index is 2.37. The Hall–Kier alpha value is -1.50. The number of anilines is 1. The number of hydrogen-bond donors (Lipinski definition) is 0. The summed E-state index contributed by atoms with van der Waals surface area (Å²) in [5, 5.41) is 8.98. The van der Waals surface area contributed by atoms with Crippen LogP contribution in [0, 0.1) is 16.7 Å². The molecule has 0 bridgehead atoms. The average molecular weight is 241 g/mol. The molecule has 2 rings (SSSR count). The maximum absolute atomic E-state index is 8.98. The molecular formula is C14H20BN3. The van der Waals surface area contributed by atoms with Gasteiger partial charge in [-0.15, -0.1) is 0 Å². The van der Waals surface area contributed by atoms with Gasteiger partial charge in [-0.2, -0.15) is 5.26 Å². The van der Waals surface area contributed by atoms with Gasteiger partial charge in [-0.3, -0.25) is 0 Å². The third-order valence-electron chi connectivity index (χ3n) is 3.35. The zero-order valence-corrected chi connectivity index (χ0v) is 11.7. The first-order chi connectivity index (χ1) is 8.44. The SMILES string of the molecule is BCC1Cc2ccc(C#N)nc2N1CC(C)(C)C. The van der Waals surface area contributed by atoms with E-state index in [9.17, 15) is 0 Å². The molecule has 1 aliphatic rings. The highest BCUT2D eigenvalue weighted by molar-refractivity contribution is 6.09. The van der Waals surface area contributed by atoms with Crippen LogP contribution >= 0.6 is 0 Å². The molecule has 0 aromatic carbocycles. The molecule has 94 valence electrons. The van der Waals surface area contributed by atoms with E-state index in [0.29, 0.717) is 11.7 Å². The minimum atomic E-state index is 0.235. The molecule has 2 heterocycles. The van der Waals surface area contributed by atoms with E-state index in [-0.39, 0.29) is 5.41 Å². The summed E-state index contributed by atoms with van der Waals surface area (Å²) in [7, 11) is 2.22. The van der Waals surface area contributed by atoms with Crippen LogP contribution in [0.4, 0.5) is 5.82 Å². The number of nitriles is 1. The summed E-state index contributed by atoms with van der Waals surface area (Å²) in [6.45, 7) is 7.71. The summed E-state index contributed by atoms with van der Waals surface area (Å²) in [6.07, 6.45) is 2.18. The van der Waals surface area contributed by atoms with Crippen molar-refractivity contribution in [3.8, 4) is 6.07 Å². The Morgan fingerprint density at radius 3 is 2.78 bits per heavy atom. The quantitative estimate of drug-likeness (QED) is 0.741. The molecule has 1 unspecified atom stereocenters. The number of aromatic nitrogens is 1. The summed E-state index contributed by atoms with van der Waals surface area (Å²) in [6, 6.07) is 6.55. The first-order valence-electron chi connectivity index (χ1n) is 6.61. The average Bonchev–Trinajstić information content (AvgIpc) is 2.64. The highest BCUT2D eigenvalue weighted by atomic mass is 15.2. The molecule has 1 atom stereocenters. The smallest absolute Gasteiger partial charge is 0.142 e. The third-order valence-corrected chi connectivity index (χ3v) is 3.35. The van der Waals surface area contributed by atoms with Gasteiger partial charge in [-0.1, -0.05) is 33.2 Å². The molecular weight excluding hydrogens is 221 g/mol. The molecule has 0 radical (unpaired) electrons. The monoisotopic (exact) mass is 241 g/mol. The number of rotatable bonds is 2. The van der Waals surface area contributed by atoms with E-state index in [4.69, 9.17) is 5.26 Å². The first-order valence-corrected chi connectivity index (χ1v) is 6.61.